The Morgan fingerprint density at radius 3 is 2.86 bits per heavy atom. The maximum absolute atomic E-state index is 9.78. The normalized spacial score (nSPS) is 21.9. The first-order valence-corrected chi connectivity index (χ1v) is 8.34. The lowest BCUT2D eigenvalue weighted by molar-refractivity contribution is -0.931. The van der Waals surface area contributed by atoms with Crippen LogP contribution in [-0.2, 0) is 13.1 Å². The third-order valence-corrected chi connectivity index (χ3v) is 4.60. The van der Waals surface area contributed by atoms with E-state index in [1.54, 1.807) is 0 Å². The molecule has 3 rings (SSSR count). The number of hydrogen-bond donors (Lipinski definition) is 3. The van der Waals surface area contributed by atoms with E-state index in [1.807, 2.05) is 4.68 Å². The molecule has 0 saturated carbocycles. The Morgan fingerprint density at radius 2 is 2.18 bits per heavy atom. The molecule has 0 bridgehead atoms. The number of aliphatic hydroxyl groups excluding tert-OH is 1. The largest absolute Gasteiger partial charge is 0.387 e. The zero-order chi connectivity index (χ0) is 15.5. The lowest BCUT2D eigenvalue weighted by Gasteiger charge is -2.26. The molecule has 2 atom stereocenters. The minimum atomic E-state index is -0.193. The van der Waals surface area contributed by atoms with Crippen molar-refractivity contribution in [3.63, 3.8) is 0 Å². The van der Waals surface area contributed by atoms with Crippen LogP contribution in [0.2, 0.25) is 0 Å². The Labute approximate surface area is 135 Å². The van der Waals surface area contributed by atoms with Gasteiger partial charge in [0.25, 0.3) is 0 Å². The quantitative estimate of drug-likeness (QED) is 0.742. The third kappa shape index (κ3) is 3.45. The van der Waals surface area contributed by atoms with Crippen LogP contribution in [0.4, 0.5) is 0 Å². The molecule has 2 aromatic rings. The number of nitrogens with one attached hydrogen (secondary N) is 2. The Balaban J connectivity index is 1.76. The number of H-pyrrole nitrogens is 1. The molecule has 118 valence electrons. The highest BCUT2D eigenvalue weighted by Gasteiger charge is 2.21. The van der Waals surface area contributed by atoms with E-state index in [0.717, 1.165) is 50.4 Å². The van der Waals surface area contributed by atoms with Crippen molar-refractivity contribution in [2.24, 2.45) is 0 Å². The SMILES string of the molecule is CCc1ccc(-c2nc(=S)n(C[NH+]3CCC[C@H](O)C3)[nH]2)cc1. The van der Waals surface area contributed by atoms with Crippen LogP contribution in [0.3, 0.4) is 0 Å². The zero-order valence-corrected chi connectivity index (χ0v) is 13.7. The topological polar surface area (TPSA) is 58.3 Å². The summed E-state index contributed by atoms with van der Waals surface area (Å²) < 4.78 is 2.48. The van der Waals surface area contributed by atoms with E-state index in [9.17, 15) is 5.11 Å². The monoisotopic (exact) mass is 319 g/mol. The molecule has 1 saturated heterocycles. The van der Waals surface area contributed by atoms with Crippen LogP contribution in [0.1, 0.15) is 25.3 Å². The predicted molar refractivity (Wildman–Crippen MR) is 88.2 cm³/mol. The summed E-state index contributed by atoms with van der Waals surface area (Å²) in [5.74, 6) is 0.810. The first-order chi connectivity index (χ1) is 10.7. The van der Waals surface area contributed by atoms with Gasteiger partial charge in [0, 0.05) is 5.56 Å². The molecule has 6 heteroatoms. The second kappa shape index (κ2) is 6.73. The van der Waals surface area contributed by atoms with Crippen LogP contribution in [0.5, 0.6) is 0 Å². The number of hydrogen-bond acceptors (Lipinski definition) is 3. The van der Waals surface area contributed by atoms with Crippen molar-refractivity contribution in [2.45, 2.75) is 39.0 Å². The van der Waals surface area contributed by atoms with Gasteiger partial charge in [-0.05, 0) is 37.0 Å². The molecule has 1 aliphatic heterocycles. The van der Waals surface area contributed by atoms with E-state index in [-0.39, 0.29) is 6.10 Å². The number of benzene rings is 1. The summed E-state index contributed by atoms with van der Waals surface area (Å²) in [5.41, 5.74) is 2.37. The fourth-order valence-corrected chi connectivity index (χ4v) is 3.18. The molecule has 0 spiro atoms. The molecule has 0 radical (unpaired) electrons. The van der Waals surface area contributed by atoms with E-state index in [0.29, 0.717) is 4.77 Å². The standard InChI is InChI=1S/C16H22N4OS/c1-2-12-5-7-13(8-6-12)15-17-16(22)20(18-15)11-19-9-3-4-14(21)10-19/h5-8,14,21H,2-4,9-11H2,1H3,(H,17,18,22)/p+1/t14-/m0/s1. The molecular formula is C16H23N4OS+. The highest BCUT2D eigenvalue weighted by atomic mass is 32.1. The molecule has 1 aliphatic rings. The molecule has 5 nitrogen and oxygen atoms in total. The Morgan fingerprint density at radius 1 is 1.41 bits per heavy atom. The van der Waals surface area contributed by atoms with Crippen molar-refractivity contribution in [3.05, 3.63) is 34.6 Å². The minimum Gasteiger partial charge on any atom is -0.387 e. The first-order valence-electron chi connectivity index (χ1n) is 7.93. The van der Waals surface area contributed by atoms with Gasteiger partial charge in [-0.3, -0.25) is 5.10 Å². The number of aryl methyl sites for hydroxylation is 1. The maximum atomic E-state index is 9.78. The molecule has 1 unspecified atom stereocenters. The molecule has 2 heterocycles. The van der Waals surface area contributed by atoms with Gasteiger partial charge in [-0.15, -0.1) is 0 Å². The van der Waals surface area contributed by atoms with Crippen molar-refractivity contribution in [1.82, 2.24) is 14.8 Å². The fourth-order valence-electron chi connectivity index (χ4n) is 2.98. The highest BCUT2D eigenvalue weighted by Crippen LogP contribution is 2.15. The van der Waals surface area contributed by atoms with Gasteiger partial charge in [0.2, 0.25) is 4.77 Å². The average molecular weight is 319 g/mol. The van der Waals surface area contributed by atoms with Gasteiger partial charge in [-0.25, -0.2) is 4.68 Å². The van der Waals surface area contributed by atoms with Gasteiger partial charge >= 0.3 is 0 Å². The van der Waals surface area contributed by atoms with E-state index in [2.05, 4.69) is 41.3 Å². The molecule has 1 aromatic heterocycles. The molecule has 0 aliphatic carbocycles. The third-order valence-electron chi connectivity index (χ3n) is 4.29. The van der Waals surface area contributed by atoms with E-state index in [4.69, 9.17) is 12.2 Å². The van der Waals surface area contributed by atoms with Crippen molar-refractivity contribution >= 4 is 12.2 Å². The first kappa shape index (κ1) is 15.4. The Kier molecular flexibility index (Phi) is 4.71. The van der Waals surface area contributed by atoms with E-state index in [1.165, 1.54) is 10.5 Å². The van der Waals surface area contributed by atoms with Gasteiger partial charge in [-0.2, -0.15) is 4.98 Å². The van der Waals surface area contributed by atoms with Gasteiger partial charge in [-0.1, -0.05) is 31.2 Å². The van der Waals surface area contributed by atoms with Crippen molar-refractivity contribution < 1.29 is 10.0 Å². The number of aromatic amines is 1. The number of likely N-dealkylation sites (tertiary alicyclic amines) is 1. The maximum Gasteiger partial charge on any atom is 0.221 e. The molecule has 22 heavy (non-hydrogen) atoms. The second-order valence-electron chi connectivity index (χ2n) is 5.99. The predicted octanol–water partition coefficient (Wildman–Crippen LogP) is 1.17. The van der Waals surface area contributed by atoms with Gasteiger partial charge < -0.3 is 10.0 Å². The van der Waals surface area contributed by atoms with Crippen LogP contribution in [-0.4, -0.2) is 39.1 Å². The summed E-state index contributed by atoms with van der Waals surface area (Å²) in [6.45, 7) is 4.72. The number of nitrogens with zero attached hydrogens (tertiary/aromatic N) is 2. The molecule has 0 amide bonds. The summed E-state index contributed by atoms with van der Waals surface area (Å²) in [6, 6.07) is 8.40. The minimum absolute atomic E-state index is 0.193. The molecule has 3 N–H and O–H groups in total. The van der Waals surface area contributed by atoms with Gasteiger partial charge in [0.1, 0.15) is 12.6 Å². The molecule has 1 fully saturated rings. The van der Waals surface area contributed by atoms with E-state index >= 15 is 0 Å². The van der Waals surface area contributed by atoms with Crippen LogP contribution >= 0.6 is 12.2 Å². The lowest BCUT2D eigenvalue weighted by atomic mass is 10.1. The summed E-state index contributed by atoms with van der Waals surface area (Å²) in [4.78, 5) is 5.81. The van der Waals surface area contributed by atoms with Crippen LogP contribution < -0.4 is 4.90 Å². The highest BCUT2D eigenvalue weighted by molar-refractivity contribution is 7.71. The second-order valence-corrected chi connectivity index (χ2v) is 6.36. The number of aromatic nitrogens is 3. The van der Waals surface area contributed by atoms with Gasteiger partial charge in [0.15, 0.2) is 12.5 Å². The number of quaternary nitrogens is 1. The Hall–Kier alpha value is -1.50. The Bertz CT molecular complexity index is 676. The zero-order valence-electron chi connectivity index (χ0n) is 12.9. The number of aliphatic hydroxyl groups is 1. The fraction of sp³-hybridized carbons (Fsp3) is 0.500. The average Bonchev–Trinajstić information content (AvgIpc) is 2.88. The summed E-state index contributed by atoms with van der Waals surface area (Å²) in [5, 5.41) is 13.1. The van der Waals surface area contributed by atoms with Crippen molar-refractivity contribution in [3.8, 4) is 11.4 Å². The van der Waals surface area contributed by atoms with E-state index < -0.39 is 0 Å². The smallest absolute Gasteiger partial charge is 0.221 e. The summed E-state index contributed by atoms with van der Waals surface area (Å²) in [6.07, 6.45) is 2.81. The summed E-state index contributed by atoms with van der Waals surface area (Å²) >= 11 is 5.36. The van der Waals surface area contributed by atoms with Crippen LogP contribution in [0, 0.1) is 4.77 Å². The van der Waals surface area contributed by atoms with Crippen molar-refractivity contribution in [2.75, 3.05) is 13.1 Å². The molecular weight excluding hydrogens is 296 g/mol. The number of rotatable bonds is 4. The lowest BCUT2D eigenvalue weighted by Crippen LogP contribution is -3.13. The van der Waals surface area contributed by atoms with Crippen LogP contribution in [0.25, 0.3) is 11.4 Å². The van der Waals surface area contributed by atoms with Gasteiger partial charge in [0.05, 0.1) is 6.54 Å². The summed E-state index contributed by atoms with van der Waals surface area (Å²) in [7, 11) is 0. The van der Waals surface area contributed by atoms with Crippen molar-refractivity contribution in [1.29, 1.82) is 0 Å². The number of piperidine rings is 1. The van der Waals surface area contributed by atoms with Crippen LogP contribution in [0.15, 0.2) is 24.3 Å². The molecule has 1 aromatic carbocycles.